The minimum atomic E-state index is 0.237. The van der Waals surface area contributed by atoms with Gasteiger partial charge >= 0.3 is 0 Å². The Labute approximate surface area is 138 Å². The van der Waals surface area contributed by atoms with Crippen LogP contribution in [0.15, 0.2) is 42.0 Å². The fourth-order valence-electron chi connectivity index (χ4n) is 2.63. The lowest BCUT2D eigenvalue weighted by Crippen LogP contribution is -2.16. The Morgan fingerprint density at radius 3 is 2.96 bits per heavy atom. The van der Waals surface area contributed by atoms with E-state index in [9.17, 15) is 0 Å². The summed E-state index contributed by atoms with van der Waals surface area (Å²) in [5.74, 6) is 1.68. The van der Waals surface area contributed by atoms with E-state index in [4.69, 9.17) is 9.47 Å². The summed E-state index contributed by atoms with van der Waals surface area (Å²) in [5, 5.41) is 6.39. The molecule has 3 aromatic rings. The molecular formula is C17H17N3O2S. The quantitative estimate of drug-likeness (QED) is 0.768. The summed E-state index contributed by atoms with van der Waals surface area (Å²) in [4.78, 5) is 9.56. The molecule has 0 saturated carbocycles. The topological polar surface area (TPSA) is 56.3 Å². The summed E-state index contributed by atoms with van der Waals surface area (Å²) in [6.07, 6.45) is 4.04. The molecule has 1 aliphatic heterocycles. The number of hydrogen-bond acceptors (Lipinski definition) is 6. The SMILES string of the molecule is c1nc(Nc2ccc(OC[C@@H]3CCCO3)cc2)c2ccsc2n1. The smallest absolute Gasteiger partial charge is 0.142 e. The average molecular weight is 327 g/mol. The third-order valence-electron chi connectivity index (χ3n) is 3.84. The Morgan fingerprint density at radius 1 is 1.22 bits per heavy atom. The maximum Gasteiger partial charge on any atom is 0.142 e. The number of hydrogen-bond donors (Lipinski definition) is 1. The van der Waals surface area contributed by atoms with Crippen molar-refractivity contribution in [2.75, 3.05) is 18.5 Å². The molecule has 0 amide bonds. The third-order valence-corrected chi connectivity index (χ3v) is 4.66. The van der Waals surface area contributed by atoms with E-state index in [1.165, 1.54) is 0 Å². The Morgan fingerprint density at radius 2 is 2.13 bits per heavy atom. The van der Waals surface area contributed by atoms with Crippen LogP contribution >= 0.6 is 11.3 Å². The summed E-state index contributed by atoms with van der Waals surface area (Å²) in [7, 11) is 0. The molecule has 6 heteroatoms. The zero-order valence-corrected chi connectivity index (χ0v) is 13.4. The Bertz CT molecular complexity index is 782. The van der Waals surface area contributed by atoms with E-state index in [2.05, 4.69) is 15.3 Å². The molecule has 0 radical (unpaired) electrons. The summed E-state index contributed by atoms with van der Waals surface area (Å²) in [6.45, 7) is 1.47. The highest BCUT2D eigenvalue weighted by molar-refractivity contribution is 7.16. The molecule has 0 spiro atoms. The molecule has 1 aliphatic rings. The van der Waals surface area contributed by atoms with Gasteiger partial charge < -0.3 is 14.8 Å². The predicted molar refractivity (Wildman–Crippen MR) is 91.6 cm³/mol. The predicted octanol–water partition coefficient (Wildman–Crippen LogP) is 3.99. The second-order valence-corrected chi connectivity index (χ2v) is 6.35. The van der Waals surface area contributed by atoms with Crippen molar-refractivity contribution >= 4 is 33.1 Å². The molecule has 23 heavy (non-hydrogen) atoms. The molecule has 1 atom stereocenters. The molecule has 5 nitrogen and oxygen atoms in total. The van der Waals surface area contributed by atoms with Gasteiger partial charge in [0, 0.05) is 12.3 Å². The van der Waals surface area contributed by atoms with Crippen molar-refractivity contribution in [3.63, 3.8) is 0 Å². The van der Waals surface area contributed by atoms with Gasteiger partial charge in [0.2, 0.25) is 0 Å². The van der Waals surface area contributed by atoms with E-state index in [0.717, 1.165) is 46.9 Å². The summed E-state index contributed by atoms with van der Waals surface area (Å²) < 4.78 is 11.3. The van der Waals surface area contributed by atoms with Gasteiger partial charge in [0.1, 0.15) is 29.3 Å². The van der Waals surface area contributed by atoms with E-state index >= 15 is 0 Å². The minimum absolute atomic E-state index is 0.237. The van der Waals surface area contributed by atoms with Gasteiger partial charge in [-0.15, -0.1) is 11.3 Å². The molecule has 1 aromatic carbocycles. The number of thiophene rings is 1. The van der Waals surface area contributed by atoms with Crippen LogP contribution in [0.3, 0.4) is 0 Å². The Hall–Kier alpha value is -2.18. The lowest BCUT2D eigenvalue weighted by atomic mass is 10.2. The first-order valence-corrected chi connectivity index (χ1v) is 8.56. The molecular weight excluding hydrogens is 310 g/mol. The van der Waals surface area contributed by atoms with Crippen molar-refractivity contribution in [3.8, 4) is 5.75 Å². The number of nitrogens with one attached hydrogen (secondary N) is 1. The molecule has 1 saturated heterocycles. The van der Waals surface area contributed by atoms with Gasteiger partial charge in [-0.25, -0.2) is 9.97 Å². The Kier molecular flexibility index (Phi) is 4.08. The molecule has 1 fully saturated rings. The van der Waals surface area contributed by atoms with Gasteiger partial charge in [0.25, 0.3) is 0 Å². The molecule has 4 rings (SSSR count). The number of fused-ring (bicyclic) bond motifs is 1. The van der Waals surface area contributed by atoms with Crippen LogP contribution in [0.5, 0.6) is 5.75 Å². The van der Waals surface area contributed by atoms with Crippen molar-refractivity contribution in [1.29, 1.82) is 0 Å². The lowest BCUT2D eigenvalue weighted by Gasteiger charge is -2.12. The van der Waals surface area contributed by atoms with E-state index in [0.29, 0.717) is 6.61 Å². The fraction of sp³-hybridized carbons (Fsp3) is 0.294. The second-order valence-electron chi connectivity index (χ2n) is 5.46. The maximum absolute atomic E-state index is 5.78. The first kappa shape index (κ1) is 14.4. The monoisotopic (exact) mass is 327 g/mol. The third kappa shape index (κ3) is 3.28. The van der Waals surface area contributed by atoms with Gasteiger partial charge in [-0.05, 0) is 48.6 Å². The number of benzene rings is 1. The van der Waals surface area contributed by atoms with E-state index < -0.39 is 0 Å². The van der Waals surface area contributed by atoms with Crippen molar-refractivity contribution in [2.24, 2.45) is 0 Å². The molecule has 0 unspecified atom stereocenters. The first-order valence-electron chi connectivity index (χ1n) is 7.68. The molecule has 118 valence electrons. The van der Waals surface area contributed by atoms with Crippen LogP contribution in [0, 0.1) is 0 Å². The van der Waals surface area contributed by atoms with Crippen molar-refractivity contribution < 1.29 is 9.47 Å². The molecule has 3 heterocycles. The van der Waals surface area contributed by atoms with E-state index in [-0.39, 0.29) is 6.10 Å². The minimum Gasteiger partial charge on any atom is -0.491 e. The highest BCUT2D eigenvalue weighted by Crippen LogP contribution is 2.27. The largest absolute Gasteiger partial charge is 0.491 e. The normalized spacial score (nSPS) is 17.5. The number of rotatable bonds is 5. The summed E-state index contributed by atoms with van der Waals surface area (Å²) >= 11 is 1.61. The molecule has 1 N–H and O–H groups in total. The van der Waals surface area contributed by atoms with E-state index in [1.807, 2.05) is 35.7 Å². The standard InChI is InChI=1S/C17H17N3O2S/c1-2-14(21-8-1)10-22-13-5-3-12(4-6-13)20-16-15-7-9-23-17(15)19-11-18-16/h3-7,9,11,14H,1-2,8,10H2,(H,18,19,20)/t14-/m0/s1. The number of anilines is 2. The average Bonchev–Trinajstić information content (AvgIpc) is 3.26. The molecule has 2 aromatic heterocycles. The van der Waals surface area contributed by atoms with Crippen molar-refractivity contribution in [1.82, 2.24) is 9.97 Å². The van der Waals surface area contributed by atoms with Crippen LogP contribution in [0.1, 0.15) is 12.8 Å². The number of aromatic nitrogens is 2. The number of ether oxygens (including phenoxy) is 2. The van der Waals surface area contributed by atoms with Crippen molar-refractivity contribution in [3.05, 3.63) is 42.0 Å². The maximum atomic E-state index is 5.78. The fourth-order valence-corrected chi connectivity index (χ4v) is 3.36. The zero-order chi connectivity index (χ0) is 15.5. The lowest BCUT2D eigenvalue weighted by molar-refractivity contribution is 0.0679. The van der Waals surface area contributed by atoms with Gasteiger partial charge in [-0.1, -0.05) is 0 Å². The van der Waals surface area contributed by atoms with Crippen LogP contribution < -0.4 is 10.1 Å². The van der Waals surface area contributed by atoms with Crippen LogP contribution in [0.2, 0.25) is 0 Å². The highest BCUT2D eigenvalue weighted by atomic mass is 32.1. The summed E-state index contributed by atoms with van der Waals surface area (Å²) in [6, 6.07) is 9.93. The van der Waals surface area contributed by atoms with Gasteiger partial charge in [-0.2, -0.15) is 0 Å². The van der Waals surface area contributed by atoms with Crippen LogP contribution in [-0.2, 0) is 4.74 Å². The zero-order valence-electron chi connectivity index (χ0n) is 12.6. The van der Waals surface area contributed by atoms with Crippen LogP contribution in [-0.4, -0.2) is 29.3 Å². The van der Waals surface area contributed by atoms with Gasteiger partial charge in [0.15, 0.2) is 0 Å². The molecule has 0 bridgehead atoms. The number of nitrogens with zero attached hydrogens (tertiary/aromatic N) is 2. The Balaban J connectivity index is 1.42. The van der Waals surface area contributed by atoms with E-state index in [1.54, 1.807) is 17.7 Å². The highest BCUT2D eigenvalue weighted by Gasteiger charge is 2.15. The second kappa shape index (κ2) is 6.52. The van der Waals surface area contributed by atoms with Gasteiger partial charge in [0.05, 0.1) is 11.5 Å². The van der Waals surface area contributed by atoms with Crippen molar-refractivity contribution in [2.45, 2.75) is 18.9 Å². The summed E-state index contributed by atoms with van der Waals surface area (Å²) in [5.41, 5.74) is 0.973. The van der Waals surface area contributed by atoms with Gasteiger partial charge in [-0.3, -0.25) is 0 Å². The molecule has 0 aliphatic carbocycles. The van der Waals surface area contributed by atoms with Crippen LogP contribution in [0.25, 0.3) is 10.2 Å². The first-order chi connectivity index (χ1) is 11.4. The van der Waals surface area contributed by atoms with Crippen LogP contribution in [0.4, 0.5) is 11.5 Å².